The molecule has 2 bridgehead atoms. The third-order valence-corrected chi connectivity index (χ3v) is 8.98. The van der Waals surface area contributed by atoms with Crippen LogP contribution in [-0.2, 0) is 29.0 Å². The lowest BCUT2D eigenvalue weighted by Crippen LogP contribution is -3.00. The van der Waals surface area contributed by atoms with Crippen LogP contribution >= 0.6 is 0 Å². The maximum absolute atomic E-state index is 12.1. The first-order valence-electron chi connectivity index (χ1n) is 13.6. The fraction of sp³-hybridized carbons (Fsp3) is 0.375. The maximum atomic E-state index is 12.1. The molecule has 3 heterocycles. The SMILES string of the molecule is C[N+]12CC[N+](Cc3ccc(-c4ccc(C[C@H](C(=O)O)[C@H](Cc5ccccc5)C(=O)O)cc4)cc3)(CC1)CC2.[Cl-].[Cl-]. The van der Waals surface area contributed by atoms with Crippen LogP contribution in [0.1, 0.15) is 16.7 Å². The van der Waals surface area contributed by atoms with Gasteiger partial charge in [0.05, 0.1) is 18.9 Å². The Kier molecular flexibility index (Phi) is 10.4. The molecule has 6 rings (SSSR count). The Morgan fingerprint density at radius 2 is 1.02 bits per heavy atom. The standard InChI is InChI=1S/C32H36N2O4.2ClH/c1-33-15-18-34(19-16-33,20-17-33)23-26-9-13-28(14-10-26)27-11-7-25(8-12-27)22-30(32(37)38)29(31(35)36)21-24-5-3-2-4-6-24;;/h2-14,29-30H,15-23H2,1H3;2*1H/t29-,30-,33?,34?;;/m0../s1. The van der Waals surface area contributed by atoms with Gasteiger partial charge in [-0.2, -0.15) is 0 Å². The molecule has 3 aliphatic rings. The van der Waals surface area contributed by atoms with Crippen LogP contribution in [0.15, 0.2) is 78.9 Å². The predicted octanol–water partition coefficient (Wildman–Crippen LogP) is -1.66. The van der Waals surface area contributed by atoms with Crippen LogP contribution in [-0.4, -0.2) is 77.4 Å². The second kappa shape index (κ2) is 13.2. The van der Waals surface area contributed by atoms with Crippen molar-refractivity contribution < 1.29 is 53.6 Å². The van der Waals surface area contributed by atoms with E-state index in [1.54, 1.807) is 0 Å². The summed E-state index contributed by atoms with van der Waals surface area (Å²) in [6.45, 7) is 8.76. The van der Waals surface area contributed by atoms with E-state index in [4.69, 9.17) is 0 Å². The molecule has 0 aromatic heterocycles. The average molecular weight is 586 g/mol. The van der Waals surface area contributed by atoms with Crippen LogP contribution in [0.5, 0.6) is 0 Å². The molecule has 8 heteroatoms. The predicted molar refractivity (Wildman–Crippen MR) is 147 cm³/mol. The number of carboxylic acids is 2. The zero-order valence-corrected chi connectivity index (χ0v) is 24.4. The van der Waals surface area contributed by atoms with Crippen LogP contribution < -0.4 is 24.8 Å². The van der Waals surface area contributed by atoms with Gasteiger partial charge in [-0.1, -0.05) is 78.9 Å². The lowest BCUT2D eigenvalue weighted by Gasteiger charge is -2.54. The number of quaternary nitrogens is 2. The summed E-state index contributed by atoms with van der Waals surface area (Å²) in [7, 11) is 2.39. The second-order valence-electron chi connectivity index (χ2n) is 11.6. The first-order chi connectivity index (χ1) is 18.2. The summed E-state index contributed by atoms with van der Waals surface area (Å²) in [4.78, 5) is 24.1. The molecule has 0 amide bonds. The highest BCUT2D eigenvalue weighted by Crippen LogP contribution is 2.29. The summed E-state index contributed by atoms with van der Waals surface area (Å²) in [6, 6.07) is 25.9. The normalized spacial score (nSPS) is 22.8. The number of piperazine rings is 3. The Balaban J connectivity index is 0.00000220. The van der Waals surface area contributed by atoms with E-state index in [0.717, 1.165) is 28.8 Å². The van der Waals surface area contributed by atoms with Crippen LogP contribution in [0, 0.1) is 11.8 Å². The molecular weight excluding hydrogens is 547 g/mol. The lowest BCUT2D eigenvalue weighted by molar-refractivity contribution is -1.08. The zero-order valence-electron chi connectivity index (χ0n) is 22.9. The van der Waals surface area contributed by atoms with Gasteiger partial charge in [-0.3, -0.25) is 9.59 Å². The minimum Gasteiger partial charge on any atom is -1.00 e. The molecule has 3 fully saturated rings. The number of rotatable bonds is 10. The number of benzene rings is 3. The minimum absolute atomic E-state index is 0. The number of halogens is 2. The van der Waals surface area contributed by atoms with E-state index in [1.807, 2.05) is 54.6 Å². The summed E-state index contributed by atoms with van der Waals surface area (Å²) in [6.07, 6.45) is 0.367. The van der Waals surface area contributed by atoms with E-state index >= 15 is 0 Å². The number of hydrogen-bond acceptors (Lipinski definition) is 2. The molecule has 2 N–H and O–H groups in total. The van der Waals surface area contributed by atoms with Gasteiger partial charge >= 0.3 is 11.9 Å². The zero-order chi connectivity index (χ0) is 26.8. The first kappa shape index (κ1) is 31.6. The molecule has 0 aliphatic carbocycles. The van der Waals surface area contributed by atoms with Gasteiger partial charge in [-0.05, 0) is 35.1 Å². The van der Waals surface area contributed by atoms with Crippen LogP contribution in [0.25, 0.3) is 11.1 Å². The maximum Gasteiger partial charge on any atom is 0.307 e. The van der Waals surface area contributed by atoms with Crippen molar-refractivity contribution in [1.29, 1.82) is 0 Å². The summed E-state index contributed by atoms with van der Waals surface area (Å²) in [5, 5.41) is 19.7. The third kappa shape index (κ3) is 7.24. The van der Waals surface area contributed by atoms with Crippen molar-refractivity contribution in [2.45, 2.75) is 19.4 Å². The first-order valence-corrected chi connectivity index (χ1v) is 13.6. The molecule has 214 valence electrons. The average Bonchev–Trinajstić information content (AvgIpc) is 2.93. The van der Waals surface area contributed by atoms with Crippen LogP contribution in [0.3, 0.4) is 0 Å². The summed E-state index contributed by atoms with van der Waals surface area (Å²) >= 11 is 0. The number of aliphatic carboxylic acids is 2. The van der Waals surface area contributed by atoms with E-state index < -0.39 is 23.8 Å². The number of carboxylic acid groups (broad SMARTS) is 2. The van der Waals surface area contributed by atoms with Gasteiger partial charge < -0.3 is 44.0 Å². The van der Waals surface area contributed by atoms with Crippen molar-refractivity contribution in [2.24, 2.45) is 11.8 Å². The number of hydrogen-bond donors (Lipinski definition) is 2. The van der Waals surface area contributed by atoms with Gasteiger partial charge in [0, 0.05) is 5.56 Å². The van der Waals surface area contributed by atoms with Gasteiger partial charge in [-0.15, -0.1) is 0 Å². The van der Waals surface area contributed by atoms with Gasteiger partial charge in [0.2, 0.25) is 0 Å². The molecule has 0 spiro atoms. The smallest absolute Gasteiger partial charge is 0.307 e. The van der Waals surface area contributed by atoms with Crippen LogP contribution in [0.2, 0.25) is 0 Å². The van der Waals surface area contributed by atoms with Crippen LogP contribution in [0.4, 0.5) is 0 Å². The lowest BCUT2D eigenvalue weighted by atomic mass is 9.82. The molecule has 3 aromatic rings. The third-order valence-electron chi connectivity index (χ3n) is 8.98. The van der Waals surface area contributed by atoms with Gasteiger partial charge in [0.25, 0.3) is 0 Å². The molecule has 0 unspecified atom stereocenters. The second-order valence-corrected chi connectivity index (χ2v) is 11.6. The molecule has 6 nitrogen and oxygen atoms in total. The van der Waals surface area contributed by atoms with E-state index in [2.05, 4.69) is 31.3 Å². The highest BCUT2D eigenvalue weighted by Gasteiger charge is 2.46. The topological polar surface area (TPSA) is 74.6 Å². The van der Waals surface area contributed by atoms with E-state index in [0.29, 0.717) is 0 Å². The number of likely N-dealkylation sites (N-methyl/N-ethyl adjacent to an activating group) is 1. The van der Waals surface area contributed by atoms with Crippen molar-refractivity contribution >= 4 is 11.9 Å². The fourth-order valence-electron chi connectivity index (χ4n) is 6.22. The molecule has 2 atom stereocenters. The van der Waals surface area contributed by atoms with Crippen molar-refractivity contribution in [1.82, 2.24) is 0 Å². The molecule has 0 saturated carbocycles. The Morgan fingerprint density at radius 3 is 1.45 bits per heavy atom. The fourth-order valence-corrected chi connectivity index (χ4v) is 6.22. The highest BCUT2D eigenvalue weighted by molar-refractivity contribution is 5.80. The molecule has 3 aromatic carbocycles. The number of carbonyl (C=O) groups is 2. The van der Waals surface area contributed by atoms with E-state index in [-0.39, 0.29) is 37.7 Å². The van der Waals surface area contributed by atoms with Crippen molar-refractivity contribution in [3.05, 3.63) is 95.6 Å². The summed E-state index contributed by atoms with van der Waals surface area (Å²) < 4.78 is 2.46. The van der Waals surface area contributed by atoms with Gasteiger partial charge in [0.1, 0.15) is 45.8 Å². The van der Waals surface area contributed by atoms with Crippen molar-refractivity contribution in [3.8, 4) is 11.1 Å². The highest BCUT2D eigenvalue weighted by atomic mass is 35.5. The molecular formula is C32H38Cl2N2O4. The Morgan fingerprint density at radius 1 is 0.625 bits per heavy atom. The van der Waals surface area contributed by atoms with Crippen molar-refractivity contribution in [2.75, 3.05) is 46.3 Å². The number of nitrogens with zero attached hydrogens (tertiary/aromatic N) is 2. The monoisotopic (exact) mass is 584 g/mol. The minimum atomic E-state index is -1.08. The quantitative estimate of drug-likeness (QED) is 0.280. The number of fused-ring (bicyclic) bond motifs is 3. The Bertz CT molecular complexity index is 1260. The summed E-state index contributed by atoms with van der Waals surface area (Å²) in [5.74, 6) is -4.16. The van der Waals surface area contributed by atoms with E-state index in [1.165, 1.54) is 53.8 Å². The molecule has 40 heavy (non-hydrogen) atoms. The van der Waals surface area contributed by atoms with E-state index in [9.17, 15) is 19.8 Å². The Labute approximate surface area is 249 Å². The molecule has 0 radical (unpaired) electrons. The molecule has 3 aliphatic heterocycles. The summed E-state index contributed by atoms with van der Waals surface area (Å²) in [5.41, 5.74) is 5.23. The Hall–Kier alpha value is -2.90. The van der Waals surface area contributed by atoms with Gasteiger partial charge in [0.15, 0.2) is 0 Å². The van der Waals surface area contributed by atoms with Gasteiger partial charge in [-0.25, -0.2) is 0 Å². The van der Waals surface area contributed by atoms with Crippen molar-refractivity contribution in [3.63, 3.8) is 0 Å². The molecule has 3 saturated heterocycles. The largest absolute Gasteiger partial charge is 1.00 e.